The average molecular weight is 635 g/mol. The van der Waals surface area contributed by atoms with Gasteiger partial charge in [0.05, 0.1) is 28.1 Å². The molecule has 4 aliphatic rings. The Hall–Kier alpha value is -5.12. The lowest BCUT2D eigenvalue weighted by atomic mass is 9.49. The van der Waals surface area contributed by atoms with Crippen LogP contribution in [0.3, 0.4) is 0 Å². The summed E-state index contributed by atoms with van der Waals surface area (Å²) in [6.45, 7) is 0.612. The van der Waals surface area contributed by atoms with Gasteiger partial charge >= 0.3 is 11.9 Å². The van der Waals surface area contributed by atoms with Gasteiger partial charge in [-0.15, -0.1) is 0 Å². The minimum Gasteiger partial charge on any atom is -0.805 e. The van der Waals surface area contributed by atoms with Crippen molar-refractivity contribution in [1.82, 2.24) is 10.0 Å². The van der Waals surface area contributed by atoms with E-state index in [1.165, 1.54) is 31.4 Å². The Kier molecular flexibility index (Phi) is 7.74. The number of aromatic carboxylic acids is 2. The van der Waals surface area contributed by atoms with Crippen LogP contribution in [-0.4, -0.2) is 45.2 Å². The number of carboxylic acid groups (broad SMARTS) is 2. The number of anilines is 1. The summed E-state index contributed by atoms with van der Waals surface area (Å²) in [5.74, 6) is -2.10. The Bertz CT molecular complexity index is 1830. The molecule has 4 aromatic rings. The van der Waals surface area contributed by atoms with Crippen molar-refractivity contribution < 1.29 is 29.4 Å². The van der Waals surface area contributed by atoms with Gasteiger partial charge in [0.2, 0.25) is 5.91 Å². The first-order valence-corrected chi connectivity index (χ1v) is 16.1. The monoisotopic (exact) mass is 634 g/mol. The maximum absolute atomic E-state index is 13.8. The molecule has 10 heteroatoms. The highest BCUT2D eigenvalue weighted by molar-refractivity contribution is 6.06. The van der Waals surface area contributed by atoms with Crippen LogP contribution in [0.1, 0.15) is 86.8 Å². The quantitative estimate of drug-likeness (QED) is 0.159. The van der Waals surface area contributed by atoms with Gasteiger partial charge in [-0.2, -0.15) is 0 Å². The van der Waals surface area contributed by atoms with E-state index in [1.54, 1.807) is 54.6 Å². The number of carbonyl (C=O) groups excluding carboxylic acids is 2. The number of carboxylic acids is 2. The Morgan fingerprint density at radius 3 is 2.04 bits per heavy atom. The second kappa shape index (κ2) is 11.9. The van der Waals surface area contributed by atoms with E-state index in [1.807, 2.05) is 0 Å². The summed E-state index contributed by atoms with van der Waals surface area (Å²) in [4.78, 5) is 50.6. The van der Waals surface area contributed by atoms with Crippen LogP contribution in [0, 0.1) is 28.4 Å². The lowest BCUT2D eigenvalue weighted by molar-refractivity contribution is -0.117. The average Bonchev–Trinajstić information content (AvgIpc) is 3.36. The summed E-state index contributed by atoms with van der Waals surface area (Å²) in [6, 6.07) is 19.1. The molecule has 4 aliphatic carbocycles. The molecule has 47 heavy (non-hydrogen) atoms. The summed E-state index contributed by atoms with van der Waals surface area (Å²) >= 11 is 0. The number of hydrogen-bond acceptors (Lipinski definition) is 5. The molecule has 1 heterocycles. The summed E-state index contributed by atoms with van der Waals surface area (Å²) in [5, 5.41) is 39.2. The molecule has 0 spiro atoms. The molecule has 1 atom stereocenters. The van der Waals surface area contributed by atoms with Gasteiger partial charge < -0.3 is 30.8 Å². The van der Waals surface area contributed by atoms with E-state index in [4.69, 9.17) is 0 Å². The van der Waals surface area contributed by atoms with Gasteiger partial charge in [-0.1, -0.05) is 42.5 Å². The van der Waals surface area contributed by atoms with Gasteiger partial charge in [0.15, 0.2) is 0 Å². The number of nitrogens with one attached hydrogen (secondary N) is 2. The van der Waals surface area contributed by atoms with Crippen LogP contribution >= 0.6 is 0 Å². The highest BCUT2D eigenvalue weighted by Gasteiger charge is 2.50. The van der Waals surface area contributed by atoms with E-state index in [2.05, 4.69) is 10.6 Å². The smallest absolute Gasteiger partial charge is 0.335 e. The number of hydrogen-bond donors (Lipinski definition) is 4. The van der Waals surface area contributed by atoms with Crippen LogP contribution < -0.4 is 10.6 Å². The molecular weight excluding hydrogens is 598 g/mol. The molecule has 0 aliphatic heterocycles. The molecule has 10 nitrogen and oxygen atoms in total. The summed E-state index contributed by atoms with van der Waals surface area (Å²) in [5.41, 5.74) is 1.02. The van der Waals surface area contributed by atoms with Gasteiger partial charge in [0.25, 0.3) is 5.91 Å². The summed E-state index contributed by atoms with van der Waals surface area (Å²) < 4.78 is 0.728. The Labute approximate surface area is 271 Å². The van der Waals surface area contributed by atoms with Crippen LogP contribution in [0.2, 0.25) is 0 Å². The number of aromatic nitrogens is 1. The van der Waals surface area contributed by atoms with Crippen LogP contribution in [-0.2, 0) is 11.2 Å². The third-order valence-corrected chi connectivity index (χ3v) is 10.5. The van der Waals surface area contributed by atoms with Crippen molar-refractivity contribution in [2.75, 3.05) is 11.9 Å². The molecule has 242 valence electrons. The van der Waals surface area contributed by atoms with E-state index in [-0.39, 0.29) is 45.8 Å². The highest BCUT2D eigenvalue weighted by Crippen LogP contribution is 2.59. The Balaban J connectivity index is 1.15. The minimum absolute atomic E-state index is 0.00822. The van der Waals surface area contributed by atoms with Crippen molar-refractivity contribution >= 4 is 40.3 Å². The third-order valence-electron chi connectivity index (χ3n) is 10.5. The van der Waals surface area contributed by atoms with Crippen LogP contribution in [0.25, 0.3) is 10.9 Å². The third kappa shape index (κ3) is 5.95. The van der Waals surface area contributed by atoms with Crippen LogP contribution in [0.4, 0.5) is 5.69 Å². The first-order valence-electron chi connectivity index (χ1n) is 16.1. The number of nitrogens with zero attached hydrogens (tertiary/aromatic N) is 1. The zero-order chi connectivity index (χ0) is 32.9. The van der Waals surface area contributed by atoms with Crippen molar-refractivity contribution in [1.29, 1.82) is 0 Å². The Morgan fingerprint density at radius 1 is 0.830 bits per heavy atom. The molecule has 4 bridgehead atoms. The SMILES string of the molecule is O=C(O)c1cc(NC(=O)C(Cc2cc3cccc(C(=O)NCC45CC6CC(CC(C6)C4)C5)c3n2[O-])c2ccccc2)cc(C(=O)O)c1. The molecule has 4 saturated carbocycles. The molecule has 2 amide bonds. The van der Waals surface area contributed by atoms with Gasteiger partial charge in [0.1, 0.15) is 0 Å². The molecule has 0 radical (unpaired) electrons. The molecule has 3 aromatic carbocycles. The number of benzene rings is 3. The van der Waals surface area contributed by atoms with Crippen molar-refractivity contribution in [3.05, 3.63) is 106 Å². The number of rotatable bonds is 10. The molecule has 8 rings (SSSR count). The van der Waals surface area contributed by atoms with E-state index in [0.29, 0.717) is 23.1 Å². The lowest BCUT2D eigenvalue weighted by Crippen LogP contribution is -2.51. The van der Waals surface area contributed by atoms with Gasteiger partial charge in [0, 0.05) is 29.7 Å². The number of amides is 2. The van der Waals surface area contributed by atoms with Crippen molar-refractivity contribution in [2.24, 2.45) is 23.2 Å². The summed E-state index contributed by atoms with van der Waals surface area (Å²) in [7, 11) is 0. The fourth-order valence-electron chi connectivity index (χ4n) is 8.91. The second-order valence-corrected chi connectivity index (χ2v) is 13.8. The van der Waals surface area contributed by atoms with Crippen molar-refractivity contribution in [3.8, 4) is 0 Å². The largest absolute Gasteiger partial charge is 0.805 e. The number of fused-ring (bicyclic) bond motifs is 1. The number of para-hydroxylation sites is 1. The van der Waals surface area contributed by atoms with Gasteiger partial charge in [-0.05, 0) is 97.6 Å². The molecule has 4 fully saturated rings. The minimum atomic E-state index is -1.34. The molecule has 0 saturated heterocycles. The maximum Gasteiger partial charge on any atom is 0.335 e. The topological polar surface area (TPSA) is 161 Å². The second-order valence-electron chi connectivity index (χ2n) is 13.8. The van der Waals surface area contributed by atoms with Crippen molar-refractivity contribution in [2.45, 2.75) is 50.9 Å². The van der Waals surface area contributed by atoms with Gasteiger partial charge in [-0.25, -0.2) is 9.59 Å². The first kappa shape index (κ1) is 30.5. The predicted molar refractivity (Wildman–Crippen MR) is 176 cm³/mol. The van der Waals surface area contributed by atoms with Crippen molar-refractivity contribution in [3.63, 3.8) is 0 Å². The normalized spacial score (nSPS) is 23.4. The molecule has 1 aromatic heterocycles. The number of carbonyl (C=O) groups is 4. The summed E-state index contributed by atoms with van der Waals surface area (Å²) in [6.07, 6.45) is 7.41. The zero-order valence-electron chi connectivity index (χ0n) is 25.8. The van der Waals surface area contributed by atoms with Crippen LogP contribution in [0.5, 0.6) is 0 Å². The molecule has 4 N–H and O–H groups in total. The zero-order valence-corrected chi connectivity index (χ0v) is 25.8. The Morgan fingerprint density at radius 2 is 1.45 bits per heavy atom. The fraction of sp³-hybridized carbons (Fsp3) is 0.351. The highest BCUT2D eigenvalue weighted by atomic mass is 16.5. The first-order chi connectivity index (χ1) is 22.6. The van der Waals surface area contributed by atoms with Gasteiger partial charge in [-0.3, -0.25) is 9.59 Å². The molecular formula is C37H36N3O7-. The predicted octanol–water partition coefficient (Wildman–Crippen LogP) is 6.29. The van der Waals surface area contributed by atoms with Crippen LogP contribution in [0.15, 0.2) is 72.8 Å². The lowest BCUT2D eigenvalue weighted by Gasteiger charge is -2.56. The van der Waals surface area contributed by atoms with E-state index < -0.39 is 23.8 Å². The standard InChI is InChI=1S/C37H36N3O7/c41-33(38-20-37-17-21-9-22(18-37)11-23(10-21)19-37)30-8-4-7-25-15-29(40(47)32(25)30)16-31(24-5-2-1-3-6-24)34(42)39-28-13-26(35(43)44)12-27(14-28)36(45)46/h1-8,12-15,21-23,31H,9-11,16-20H2,(H,38,41)(H,39,42)(H,43,44)(H,45,46)/q-1. The molecule has 1 unspecified atom stereocenters. The maximum atomic E-state index is 13.8. The van der Waals surface area contributed by atoms with E-state index >= 15 is 0 Å². The van der Waals surface area contributed by atoms with E-state index in [0.717, 1.165) is 47.8 Å². The fourth-order valence-corrected chi connectivity index (χ4v) is 8.91. The van der Waals surface area contributed by atoms with E-state index in [9.17, 15) is 34.6 Å².